The van der Waals surface area contributed by atoms with Crippen molar-refractivity contribution in [1.29, 1.82) is 5.26 Å². The number of rotatable bonds is 5. The molecule has 0 fully saturated rings. The quantitative estimate of drug-likeness (QED) is 0.889. The molecule has 0 saturated heterocycles. The van der Waals surface area contributed by atoms with E-state index in [9.17, 15) is 5.11 Å². The summed E-state index contributed by atoms with van der Waals surface area (Å²) in [6.07, 6.45) is -0.595. The Morgan fingerprint density at radius 2 is 2.10 bits per heavy atom. The topological polar surface area (TPSA) is 56.0 Å². The molecular weight excluding hydrogens is 292 g/mol. The fourth-order valence-electron chi connectivity index (χ4n) is 1.85. The summed E-state index contributed by atoms with van der Waals surface area (Å²) in [5.74, 6) is 0. The second-order valence-corrected chi connectivity index (χ2v) is 6.01. The minimum atomic E-state index is -0.595. The molecule has 5 heteroatoms. The highest BCUT2D eigenvalue weighted by Crippen LogP contribution is 2.20. The summed E-state index contributed by atoms with van der Waals surface area (Å²) < 4.78 is 0. The van der Waals surface area contributed by atoms with Crippen molar-refractivity contribution < 1.29 is 5.11 Å². The van der Waals surface area contributed by atoms with Gasteiger partial charge in [0.05, 0.1) is 11.7 Å². The van der Waals surface area contributed by atoms with Crippen molar-refractivity contribution in [2.45, 2.75) is 25.6 Å². The maximum absolute atomic E-state index is 10.3. The lowest BCUT2D eigenvalue weighted by atomic mass is 10.0. The lowest BCUT2D eigenvalue weighted by Gasteiger charge is -2.20. The molecule has 2 N–H and O–H groups in total. The van der Waals surface area contributed by atoms with Crippen LogP contribution in [0, 0.1) is 11.3 Å². The Hall–Kier alpha value is -1.38. The largest absolute Gasteiger partial charge is 0.387 e. The second kappa shape index (κ2) is 6.87. The molecule has 3 nitrogen and oxygen atoms in total. The van der Waals surface area contributed by atoms with Crippen molar-refractivity contribution in [1.82, 2.24) is 5.32 Å². The number of hydrogen-bond donors (Lipinski definition) is 2. The summed E-state index contributed by atoms with van der Waals surface area (Å²) >= 11 is 7.37. The minimum Gasteiger partial charge on any atom is -0.387 e. The van der Waals surface area contributed by atoms with E-state index in [2.05, 4.69) is 11.4 Å². The first-order valence-corrected chi connectivity index (χ1v) is 7.50. The van der Waals surface area contributed by atoms with Gasteiger partial charge in [-0.25, -0.2) is 0 Å². The molecule has 0 bridgehead atoms. The van der Waals surface area contributed by atoms with E-state index in [0.29, 0.717) is 17.1 Å². The normalized spacial score (nSPS) is 13.7. The minimum absolute atomic E-state index is 0.0937. The van der Waals surface area contributed by atoms with Gasteiger partial charge in [-0.05, 0) is 30.7 Å². The van der Waals surface area contributed by atoms with Gasteiger partial charge in [-0.15, -0.1) is 11.3 Å². The van der Waals surface area contributed by atoms with E-state index < -0.39 is 6.10 Å². The second-order valence-electron chi connectivity index (χ2n) is 4.58. The van der Waals surface area contributed by atoms with E-state index >= 15 is 0 Å². The van der Waals surface area contributed by atoms with Crippen LogP contribution >= 0.6 is 22.9 Å². The molecule has 1 heterocycles. The Bertz CT molecular complexity index is 603. The predicted octanol–water partition coefficient (Wildman–Crippen LogP) is 3.48. The third-order valence-corrected chi connectivity index (χ3v) is 4.25. The number of halogens is 1. The molecule has 2 rings (SSSR count). The zero-order valence-corrected chi connectivity index (χ0v) is 12.6. The number of nitrogens with zero attached hydrogens (tertiary/aromatic N) is 1. The molecule has 0 aliphatic carbocycles. The zero-order valence-electron chi connectivity index (χ0n) is 11.0. The van der Waals surface area contributed by atoms with E-state index in [0.717, 1.165) is 10.4 Å². The molecule has 2 atom stereocenters. The van der Waals surface area contributed by atoms with Gasteiger partial charge in [-0.2, -0.15) is 5.26 Å². The van der Waals surface area contributed by atoms with Crippen molar-refractivity contribution in [2.75, 3.05) is 0 Å². The molecule has 0 saturated carbocycles. The van der Waals surface area contributed by atoms with Crippen LogP contribution in [0.2, 0.25) is 5.02 Å². The highest BCUT2D eigenvalue weighted by molar-refractivity contribution is 7.10. The molecular formula is C15H15ClN2OS. The smallest absolute Gasteiger partial charge is 0.100 e. The van der Waals surface area contributed by atoms with Gasteiger partial charge in [0.15, 0.2) is 0 Å². The molecule has 2 unspecified atom stereocenters. The first-order chi connectivity index (χ1) is 9.60. The summed E-state index contributed by atoms with van der Waals surface area (Å²) in [6, 6.07) is 11.1. The van der Waals surface area contributed by atoms with Crippen LogP contribution in [0.1, 0.15) is 29.0 Å². The summed E-state index contributed by atoms with van der Waals surface area (Å²) in [7, 11) is 0. The number of thiophene rings is 1. The predicted molar refractivity (Wildman–Crippen MR) is 81.7 cm³/mol. The van der Waals surface area contributed by atoms with Gasteiger partial charge in [-0.3, -0.25) is 0 Å². The Balaban J connectivity index is 1.92. The summed E-state index contributed by atoms with van der Waals surface area (Å²) in [6.45, 7) is 2.57. The third-order valence-electron chi connectivity index (χ3n) is 3.07. The van der Waals surface area contributed by atoms with Gasteiger partial charge < -0.3 is 10.4 Å². The van der Waals surface area contributed by atoms with Crippen LogP contribution in [0.3, 0.4) is 0 Å². The Morgan fingerprint density at radius 1 is 1.40 bits per heavy atom. The van der Waals surface area contributed by atoms with Gasteiger partial charge in [0.1, 0.15) is 6.07 Å². The lowest BCUT2D eigenvalue weighted by molar-refractivity contribution is 0.135. The Labute approximate surface area is 127 Å². The Kier molecular flexibility index (Phi) is 5.16. The highest BCUT2D eigenvalue weighted by Gasteiger charge is 2.16. The lowest BCUT2D eigenvalue weighted by Crippen LogP contribution is -2.31. The van der Waals surface area contributed by atoms with Gasteiger partial charge in [0.2, 0.25) is 0 Å². The molecule has 0 radical (unpaired) electrons. The van der Waals surface area contributed by atoms with E-state index in [1.54, 1.807) is 23.5 Å². The maximum atomic E-state index is 10.3. The molecule has 1 aromatic carbocycles. The average Bonchev–Trinajstić information content (AvgIpc) is 2.93. The number of nitrogens with one attached hydrogen (secondary N) is 1. The van der Waals surface area contributed by atoms with Crippen molar-refractivity contribution >= 4 is 22.9 Å². The van der Waals surface area contributed by atoms with E-state index in [-0.39, 0.29) is 6.04 Å². The standard InChI is InChI=1S/C15H15ClN2OS/c1-10(15(19)12-2-4-13(16)5-3-12)18-8-14-6-11(7-17)9-20-14/h2-6,9-10,15,18-19H,8H2,1H3. The van der Waals surface area contributed by atoms with Gasteiger partial charge >= 0.3 is 0 Å². The first-order valence-electron chi connectivity index (χ1n) is 6.24. The molecule has 2 aromatic rings. The van der Waals surface area contributed by atoms with Gasteiger partial charge in [-0.1, -0.05) is 23.7 Å². The van der Waals surface area contributed by atoms with Crippen molar-refractivity contribution in [3.05, 3.63) is 56.7 Å². The number of aliphatic hydroxyl groups is 1. The van der Waals surface area contributed by atoms with Crippen molar-refractivity contribution in [3.63, 3.8) is 0 Å². The van der Waals surface area contributed by atoms with E-state index in [1.165, 1.54) is 0 Å². The molecule has 1 aromatic heterocycles. The summed E-state index contributed by atoms with van der Waals surface area (Å²) in [5.41, 5.74) is 1.51. The number of aliphatic hydroxyl groups excluding tert-OH is 1. The van der Waals surface area contributed by atoms with Crippen molar-refractivity contribution in [2.24, 2.45) is 0 Å². The summed E-state index contributed by atoms with van der Waals surface area (Å²) in [5, 5.41) is 24.8. The molecule has 0 aliphatic rings. The van der Waals surface area contributed by atoms with E-state index in [4.69, 9.17) is 16.9 Å². The Morgan fingerprint density at radius 3 is 2.70 bits per heavy atom. The monoisotopic (exact) mass is 306 g/mol. The highest BCUT2D eigenvalue weighted by atomic mass is 35.5. The first kappa shape index (κ1) is 15.0. The van der Waals surface area contributed by atoms with Crippen LogP contribution in [-0.4, -0.2) is 11.1 Å². The molecule has 0 spiro atoms. The molecule has 104 valence electrons. The molecule has 0 aliphatic heterocycles. The average molecular weight is 307 g/mol. The van der Waals surface area contributed by atoms with Crippen LogP contribution < -0.4 is 5.32 Å². The zero-order chi connectivity index (χ0) is 14.5. The van der Waals surface area contributed by atoms with Crippen LogP contribution in [0.5, 0.6) is 0 Å². The number of hydrogen-bond acceptors (Lipinski definition) is 4. The molecule has 0 amide bonds. The van der Waals surface area contributed by atoms with Crippen LogP contribution in [0.15, 0.2) is 35.7 Å². The maximum Gasteiger partial charge on any atom is 0.100 e. The van der Waals surface area contributed by atoms with Gasteiger partial charge in [0.25, 0.3) is 0 Å². The fourth-order valence-corrected chi connectivity index (χ4v) is 2.74. The number of benzene rings is 1. The van der Waals surface area contributed by atoms with Gasteiger partial charge in [0, 0.05) is 27.9 Å². The van der Waals surface area contributed by atoms with Crippen LogP contribution in [-0.2, 0) is 6.54 Å². The number of nitriles is 1. The summed E-state index contributed by atoms with van der Waals surface area (Å²) in [4.78, 5) is 1.08. The van der Waals surface area contributed by atoms with Crippen LogP contribution in [0.25, 0.3) is 0 Å². The molecule has 20 heavy (non-hydrogen) atoms. The fraction of sp³-hybridized carbons (Fsp3) is 0.267. The third kappa shape index (κ3) is 3.81. The SMILES string of the molecule is CC(NCc1cc(C#N)cs1)C(O)c1ccc(Cl)cc1. The van der Waals surface area contributed by atoms with Crippen molar-refractivity contribution in [3.8, 4) is 6.07 Å². The van der Waals surface area contributed by atoms with E-state index in [1.807, 2.05) is 30.5 Å². The van der Waals surface area contributed by atoms with Crippen LogP contribution in [0.4, 0.5) is 0 Å².